The first-order chi connectivity index (χ1) is 6.75. The zero-order chi connectivity index (χ0) is 9.97. The molecule has 80 valence electrons. The van der Waals surface area contributed by atoms with Crippen molar-refractivity contribution in [2.75, 3.05) is 13.1 Å². The summed E-state index contributed by atoms with van der Waals surface area (Å²) in [5, 5.41) is 6.42. The molecular weight excluding hydrogens is 176 g/mol. The van der Waals surface area contributed by atoms with Gasteiger partial charge in [-0.15, -0.1) is 0 Å². The van der Waals surface area contributed by atoms with Crippen molar-refractivity contribution < 1.29 is 4.79 Å². The first-order valence-corrected chi connectivity index (χ1v) is 5.76. The fraction of sp³-hybridized carbons (Fsp3) is 0.909. The lowest BCUT2D eigenvalue weighted by molar-refractivity contribution is -0.122. The van der Waals surface area contributed by atoms with Crippen molar-refractivity contribution in [2.24, 2.45) is 11.8 Å². The Kier molecular flexibility index (Phi) is 3.06. The van der Waals surface area contributed by atoms with Gasteiger partial charge in [-0.2, -0.15) is 0 Å². The van der Waals surface area contributed by atoms with Crippen LogP contribution in [0, 0.1) is 11.8 Å². The highest BCUT2D eigenvalue weighted by molar-refractivity contribution is 5.76. The van der Waals surface area contributed by atoms with Gasteiger partial charge in [0.25, 0.3) is 0 Å². The largest absolute Gasteiger partial charge is 0.353 e. The second-order valence-corrected chi connectivity index (χ2v) is 4.80. The normalized spacial score (nSPS) is 36.5. The van der Waals surface area contributed by atoms with E-state index in [0.717, 1.165) is 19.5 Å². The molecule has 1 aliphatic heterocycles. The highest BCUT2D eigenvalue weighted by atomic mass is 16.1. The van der Waals surface area contributed by atoms with E-state index in [4.69, 9.17) is 0 Å². The predicted octanol–water partition coefficient (Wildman–Crippen LogP) is 0.901. The van der Waals surface area contributed by atoms with Gasteiger partial charge in [-0.05, 0) is 44.2 Å². The summed E-state index contributed by atoms with van der Waals surface area (Å²) in [6.45, 7) is 4.33. The Hall–Kier alpha value is -0.570. The summed E-state index contributed by atoms with van der Waals surface area (Å²) in [7, 11) is 0. The SMILES string of the molecule is CC1CC1NC(=O)CC1CCCNC1. The molecule has 0 aromatic rings. The van der Waals surface area contributed by atoms with Gasteiger partial charge in [0.2, 0.25) is 5.91 Å². The zero-order valence-electron chi connectivity index (χ0n) is 8.88. The summed E-state index contributed by atoms with van der Waals surface area (Å²) in [4.78, 5) is 11.6. The van der Waals surface area contributed by atoms with Crippen LogP contribution in [0.15, 0.2) is 0 Å². The smallest absolute Gasteiger partial charge is 0.220 e. The molecule has 0 bridgehead atoms. The Labute approximate surface area is 85.6 Å². The van der Waals surface area contributed by atoms with Crippen molar-refractivity contribution >= 4 is 5.91 Å². The van der Waals surface area contributed by atoms with Crippen LogP contribution in [0.4, 0.5) is 0 Å². The highest BCUT2D eigenvalue weighted by Gasteiger charge is 2.34. The topological polar surface area (TPSA) is 41.1 Å². The minimum atomic E-state index is 0.257. The molecular formula is C11H20N2O. The van der Waals surface area contributed by atoms with Crippen molar-refractivity contribution in [2.45, 2.75) is 38.6 Å². The highest BCUT2D eigenvalue weighted by Crippen LogP contribution is 2.29. The Morgan fingerprint density at radius 1 is 1.57 bits per heavy atom. The number of hydrogen-bond acceptors (Lipinski definition) is 2. The third-order valence-corrected chi connectivity index (χ3v) is 3.33. The van der Waals surface area contributed by atoms with E-state index in [1.165, 1.54) is 19.3 Å². The Morgan fingerprint density at radius 2 is 2.36 bits per heavy atom. The first-order valence-electron chi connectivity index (χ1n) is 5.76. The number of amides is 1. The molecule has 3 unspecified atom stereocenters. The summed E-state index contributed by atoms with van der Waals surface area (Å²) < 4.78 is 0. The molecule has 2 fully saturated rings. The molecule has 1 saturated heterocycles. The van der Waals surface area contributed by atoms with E-state index in [9.17, 15) is 4.79 Å². The second-order valence-electron chi connectivity index (χ2n) is 4.80. The molecule has 1 heterocycles. The lowest BCUT2D eigenvalue weighted by Gasteiger charge is -2.22. The van der Waals surface area contributed by atoms with E-state index in [2.05, 4.69) is 17.6 Å². The van der Waals surface area contributed by atoms with Crippen LogP contribution in [0.2, 0.25) is 0 Å². The van der Waals surface area contributed by atoms with Gasteiger partial charge in [0.15, 0.2) is 0 Å². The van der Waals surface area contributed by atoms with E-state index in [-0.39, 0.29) is 5.91 Å². The summed E-state index contributed by atoms with van der Waals surface area (Å²) in [6, 6.07) is 0.485. The van der Waals surface area contributed by atoms with E-state index >= 15 is 0 Å². The molecule has 2 rings (SSSR count). The molecule has 1 amide bonds. The molecule has 0 aromatic carbocycles. The molecule has 1 saturated carbocycles. The van der Waals surface area contributed by atoms with E-state index in [1.807, 2.05) is 0 Å². The summed E-state index contributed by atoms with van der Waals surface area (Å²) in [5.74, 6) is 1.54. The van der Waals surface area contributed by atoms with Gasteiger partial charge in [0.1, 0.15) is 0 Å². The molecule has 2 aliphatic rings. The van der Waals surface area contributed by atoms with Gasteiger partial charge in [-0.25, -0.2) is 0 Å². The predicted molar refractivity (Wildman–Crippen MR) is 55.9 cm³/mol. The summed E-state index contributed by atoms with van der Waals surface area (Å²) >= 11 is 0. The maximum absolute atomic E-state index is 11.6. The number of carbonyl (C=O) groups excluding carboxylic acids is 1. The third kappa shape index (κ3) is 2.71. The second kappa shape index (κ2) is 4.30. The van der Waals surface area contributed by atoms with Crippen molar-refractivity contribution in [1.29, 1.82) is 0 Å². The van der Waals surface area contributed by atoms with Crippen LogP contribution in [0.25, 0.3) is 0 Å². The van der Waals surface area contributed by atoms with Gasteiger partial charge < -0.3 is 10.6 Å². The van der Waals surface area contributed by atoms with E-state index in [0.29, 0.717) is 17.9 Å². The molecule has 0 radical (unpaired) electrons. The van der Waals surface area contributed by atoms with Crippen LogP contribution >= 0.6 is 0 Å². The monoisotopic (exact) mass is 196 g/mol. The minimum absolute atomic E-state index is 0.257. The number of nitrogens with one attached hydrogen (secondary N) is 2. The molecule has 0 aromatic heterocycles. The van der Waals surface area contributed by atoms with Crippen LogP contribution in [-0.2, 0) is 4.79 Å². The van der Waals surface area contributed by atoms with Gasteiger partial charge in [0, 0.05) is 12.5 Å². The lowest BCUT2D eigenvalue weighted by Crippen LogP contribution is -2.35. The molecule has 2 N–H and O–H groups in total. The standard InChI is InChI=1S/C11H20N2O/c1-8-5-10(8)13-11(14)6-9-3-2-4-12-7-9/h8-10,12H,2-7H2,1H3,(H,13,14). The van der Waals surface area contributed by atoms with Crippen molar-refractivity contribution in [3.63, 3.8) is 0 Å². The molecule has 3 heteroatoms. The summed E-state index contributed by atoms with van der Waals surface area (Å²) in [5.41, 5.74) is 0. The number of carbonyl (C=O) groups is 1. The lowest BCUT2D eigenvalue weighted by atomic mass is 9.96. The third-order valence-electron chi connectivity index (χ3n) is 3.33. The Balaban J connectivity index is 1.65. The van der Waals surface area contributed by atoms with Crippen molar-refractivity contribution in [1.82, 2.24) is 10.6 Å². The van der Waals surface area contributed by atoms with Crippen LogP contribution < -0.4 is 10.6 Å². The molecule has 0 spiro atoms. The maximum Gasteiger partial charge on any atom is 0.220 e. The minimum Gasteiger partial charge on any atom is -0.353 e. The van der Waals surface area contributed by atoms with Crippen molar-refractivity contribution in [3.05, 3.63) is 0 Å². The zero-order valence-corrected chi connectivity index (χ0v) is 8.88. The average molecular weight is 196 g/mol. The maximum atomic E-state index is 11.6. The Bertz CT molecular complexity index is 211. The molecule has 3 nitrogen and oxygen atoms in total. The molecule has 3 atom stereocenters. The first kappa shape index (κ1) is 9.97. The average Bonchev–Trinajstić information content (AvgIpc) is 2.83. The number of hydrogen-bond donors (Lipinski definition) is 2. The van der Waals surface area contributed by atoms with Crippen LogP contribution in [0.1, 0.15) is 32.6 Å². The Morgan fingerprint density at radius 3 is 2.93 bits per heavy atom. The van der Waals surface area contributed by atoms with Crippen molar-refractivity contribution in [3.8, 4) is 0 Å². The quantitative estimate of drug-likeness (QED) is 0.704. The van der Waals surface area contributed by atoms with E-state index < -0.39 is 0 Å². The van der Waals surface area contributed by atoms with E-state index in [1.54, 1.807) is 0 Å². The van der Waals surface area contributed by atoms with Gasteiger partial charge in [-0.3, -0.25) is 4.79 Å². The molecule has 1 aliphatic carbocycles. The fourth-order valence-corrected chi connectivity index (χ4v) is 2.15. The molecule has 14 heavy (non-hydrogen) atoms. The van der Waals surface area contributed by atoms with Crippen LogP contribution in [0.5, 0.6) is 0 Å². The van der Waals surface area contributed by atoms with Crippen LogP contribution in [-0.4, -0.2) is 25.0 Å². The van der Waals surface area contributed by atoms with Crippen LogP contribution in [0.3, 0.4) is 0 Å². The summed E-state index contributed by atoms with van der Waals surface area (Å²) in [6.07, 6.45) is 4.32. The number of piperidine rings is 1. The fourth-order valence-electron chi connectivity index (χ4n) is 2.15. The van der Waals surface area contributed by atoms with Gasteiger partial charge in [0.05, 0.1) is 0 Å². The van der Waals surface area contributed by atoms with Gasteiger partial charge >= 0.3 is 0 Å². The number of rotatable bonds is 3. The van der Waals surface area contributed by atoms with Gasteiger partial charge in [-0.1, -0.05) is 6.92 Å².